The van der Waals surface area contributed by atoms with E-state index in [0.717, 1.165) is 12.5 Å². The molecule has 1 aromatic carbocycles. The third kappa shape index (κ3) is 4.03. The molecular formula is C14H21F3N2O. The lowest BCUT2D eigenvalue weighted by molar-refractivity contribution is -0.136. The fraction of sp³-hybridized carbons (Fsp3) is 0.571. The second kappa shape index (κ2) is 6.83. The number of nitrogen functional groups attached to an aromatic ring is 1. The number of ether oxygens (including phenoxy) is 1. The lowest BCUT2D eigenvalue weighted by atomic mass is 10.1. The molecule has 2 N–H and O–H groups in total. The molecule has 1 atom stereocenters. The standard InChI is InChI=1S/C14H21F3N2O/c1-4-10(2)19(7-8-20-3)11-5-6-13(18)12(9-11)14(15,16)17/h5-6,9-10H,4,7-8,18H2,1-3H3. The smallest absolute Gasteiger partial charge is 0.398 e. The molecule has 0 fully saturated rings. The molecule has 0 radical (unpaired) electrons. The van der Waals surface area contributed by atoms with Gasteiger partial charge in [-0.1, -0.05) is 6.92 Å². The van der Waals surface area contributed by atoms with Crippen LogP contribution in [0.2, 0.25) is 0 Å². The van der Waals surface area contributed by atoms with Gasteiger partial charge in [-0.2, -0.15) is 13.2 Å². The Morgan fingerprint density at radius 3 is 2.50 bits per heavy atom. The number of halogens is 3. The van der Waals surface area contributed by atoms with Crippen LogP contribution in [0.25, 0.3) is 0 Å². The zero-order valence-electron chi connectivity index (χ0n) is 12.0. The van der Waals surface area contributed by atoms with E-state index < -0.39 is 11.7 Å². The first-order chi connectivity index (χ1) is 9.31. The molecule has 0 aromatic heterocycles. The van der Waals surface area contributed by atoms with E-state index in [4.69, 9.17) is 10.5 Å². The number of methoxy groups -OCH3 is 1. The van der Waals surface area contributed by atoms with E-state index in [1.54, 1.807) is 13.2 Å². The number of nitrogens with zero attached hydrogens (tertiary/aromatic N) is 1. The van der Waals surface area contributed by atoms with Crippen molar-refractivity contribution in [2.45, 2.75) is 32.5 Å². The van der Waals surface area contributed by atoms with Crippen molar-refractivity contribution in [3.63, 3.8) is 0 Å². The highest BCUT2D eigenvalue weighted by Crippen LogP contribution is 2.36. The van der Waals surface area contributed by atoms with Gasteiger partial charge in [-0.05, 0) is 31.5 Å². The summed E-state index contributed by atoms with van der Waals surface area (Å²) in [5.41, 5.74) is 4.89. The van der Waals surface area contributed by atoms with Gasteiger partial charge in [-0.25, -0.2) is 0 Å². The van der Waals surface area contributed by atoms with E-state index in [-0.39, 0.29) is 11.7 Å². The first kappa shape index (κ1) is 16.6. The molecule has 1 unspecified atom stereocenters. The molecule has 1 aromatic rings. The van der Waals surface area contributed by atoms with Gasteiger partial charge in [0.25, 0.3) is 0 Å². The highest BCUT2D eigenvalue weighted by Gasteiger charge is 2.33. The van der Waals surface area contributed by atoms with Gasteiger partial charge >= 0.3 is 6.18 Å². The Kier molecular flexibility index (Phi) is 5.68. The molecule has 0 bridgehead atoms. The van der Waals surface area contributed by atoms with Crippen LogP contribution in [-0.4, -0.2) is 26.3 Å². The van der Waals surface area contributed by atoms with E-state index in [1.807, 2.05) is 18.7 Å². The van der Waals surface area contributed by atoms with E-state index in [9.17, 15) is 13.2 Å². The van der Waals surface area contributed by atoms with Crippen LogP contribution >= 0.6 is 0 Å². The van der Waals surface area contributed by atoms with Crippen molar-refractivity contribution in [3.8, 4) is 0 Å². The lowest BCUT2D eigenvalue weighted by Gasteiger charge is -2.31. The predicted octanol–water partition coefficient (Wildman–Crippen LogP) is 3.54. The second-order valence-corrected chi connectivity index (χ2v) is 4.71. The number of anilines is 2. The minimum Gasteiger partial charge on any atom is -0.398 e. The Balaban J connectivity index is 3.14. The SMILES string of the molecule is CCC(C)N(CCOC)c1ccc(N)c(C(F)(F)F)c1. The van der Waals surface area contributed by atoms with E-state index in [2.05, 4.69) is 0 Å². The number of benzene rings is 1. The fourth-order valence-electron chi connectivity index (χ4n) is 1.98. The maximum absolute atomic E-state index is 12.9. The largest absolute Gasteiger partial charge is 0.418 e. The topological polar surface area (TPSA) is 38.5 Å². The van der Waals surface area contributed by atoms with E-state index in [1.165, 1.54) is 6.07 Å². The average molecular weight is 290 g/mol. The highest BCUT2D eigenvalue weighted by atomic mass is 19.4. The molecule has 114 valence electrons. The van der Waals surface area contributed by atoms with Crippen LogP contribution in [0, 0.1) is 0 Å². The predicted molar refractivity (Wildman–Crippen MR) is 74.8 cm³/mol. The molecule has 0 heterocycles. The molecule has 0 saturated carbocycles. The van der Waals surface area contributed by atoms with Gasteiger partial charge in [-0.3, -0.25) is 0 Å². The molecular weight excluding hydrogens is 269 g/mol. The summed E-state index contributed by atoms with van der Waals surface area (Å²) in [5, 5.41) is 0. The monoisotopic (exact) mass is 290 g/mol. The molecule has 3 nitrogen and oxygen atoms in total. The zero-order valence-corrected chi connectivity index (χ0v) is 12.0. The number of hydrogen-bond donors (Lipinski definition) is 1. The minimum absolute atomic E-state index is 0.120. The van der Waals surface area contributed by atoms with Crippen LogP contribution in [0.4, 0.5) is 24.5 Å². The zero-order chi connectivity index (χ0) is 15.3. The van der Waals surface area contributed by atoms with Crippen LogP contribution in [0.3, 0.4) is 0 Å². The molecule has 0 saturated heterocycles. The quantitative estimate of drug-likeness (QED) is 0.814. The molecule has 6 heteroatoms. The summed E-state index contributed by atoms with van der Waals surface area (Å²) in [6.07, 6.45) is -3.61. The van der Waals surface area contributed by atoms with Gasteiger partial charge < -0.3 is 15.4 Å². The van der Waals surface area contributed by atoms with Crippen molar-refractivity contribution in [2.24, 2.45) is 0 Å². The normalized spacial score (nSPS) is 13.3. The fourth-order valence-corrected chi connectivity index (χ4v) is 1.98. The number of nitrogens with two attached hydrogens (primary N) is 1. The first-order valence-corrected chi connectivity index (χ1v) is 6.53. The molecule has 0 aliphatic heterocycles. The molecule has 1 rings (SSSR count). The highest BCUT2D eigenvalue weighted by molar-refractivity contribution is 5.60. The van der Waals surface area contributed by atoms with Gasteiger partial charge in [0, 0.05) is 31.1 Å². The Hall–Kier alpha value is -1.43. The molecule has 0 spiro atoms. The molecule has 0 amide bonds. The second-order valence-electron chi connectivity index (χ2n) is 4.71. The Morgan fingerprint density at radius 1 is 1.35 bits per heavy atom. The van der Waals surface area contributed by atoms with Crippen molar-refractivity contribution in [1.82, 2.24) is 0 Å². The third-order valence-corrected chi connectivity index (χ3v) is 3.33. The van der Waals surface area contributed by atoms with Crippen molar-refractivity contribution >= 4 is 11.4 Å². The van der Waals surface area contributed by atoms with Crippen LogP contribution in [-0.2, 0) is 10.9 Å². The molecule has 0 aliphatic rings. The summed E-state index contributed by atoms with van der Waals surface area (Å²) < 4.78 is 43.7. The maximum Gasteiger partial charge on any atom is 0.418 e. The molecule has 20 heavy (non-hydrogen) atoms. The van der Waals surface area contributed by atoms with Crippen LogP contribution < -0.4 is 10.6 Å². The Bertz CT molecular complexity index is 435. The number of alkyl halides is 3. The Morgan fingerprint density at radius 2 is 2.00 bits per heavy atom. The van der Waals surface area contributed by atoms with Gasteiger partial charge in [0.1, 0.15) is 0 Å². The Labute approximate surface area is 117 Å². The van der Waals surface area contributed by atoms with Crippen LogP contribution in [0.15, 0.2) is 18.2 Å². The summed E-state index contributed by atoms with van der Waals surface area (Å²) in [5.74, 6) is 0. The number of hydrogen-bond acceptors (Lipinski definition) is 3. The summed E-state index contributed by atoms with van der Waals surface area (Å²) in [4.78, 5) is 1.90. The summed E-state index contributed by atoms with van der Waals surface area (Å²) in [6.45, 7) is 4.95. The van der Waals surface area contributed by atoms with Crippen LogP contribution in [0.5, 0.6) is 0 Å². The first-order valence-electron chi connectivity index (χ1n) is 6.53. The summed E-state index contributed by atoms with van der Waals surface area (Å²) in [7, 11) is 1.57. The van der Waals surface area contributed by atoms with Crippen molar-refractivity contribution < 1.29 is 17.9 Å². The summed E-state index contributed by atoms with van der Waals surface area (Å²) in [6, 6.07) is 4.15. The van der Waals surface area contributed by atoms with Gasteiger partial charge in [0.2, 0.25) is 0 Å². The van der Waals surface area contributed by atoms with E-state index >= 15 is 0 Å². The van der Waals surface area contributed by atoms with Crippen molar-refractivity contribution in [2.75, 3.05) is 30.9 Å². The van der Waals surface area contributed by atoms with Gasteiger partial charge in [0.15, 0.2) is 0 Å². The van der Waals surface area contributed by atoms with Crippen molar-refractivity contribution in [3.05, 3.63) is 23.8 Å². The van der Waals surface area contributed by atoms with Gasteiger partial charge in [-0.15, -0.1) is 0 Å². The number of rotatable bonds is 6. The van der Waals surface area contributed by atoms with Crippen LogP contribution in [0.1, 0.15) is 25.8 Å². The van der Waals surface area contributed by atoms with Gasteiger partial charge in [0.05, 0.1) is 12.2 Å². The third-order valence-electron chi connectivity index (χ3n) is 3.33. The van der Waals surface area contributed by atoms with E-state index in [0.29, 0.717) is 18.8 Å². The molecule has 0 aliphatic carbocycles. The maximum atomic E-state index is 12.9. The minimum atomic E-state index is -4.44. The van der Waals surface area contributed by atoms with Crippen molar-refractivity contribution in [1.29, 1.82) is 0 Å². The average Bonchev–Trinajstić information content (AvgIpc) is 2.39. The summed E-state index contributed by atoms with van der Waals surface area (Å²) >= 11 is 0. The lowest BCUT2D eigenvalue weighted by Crippen LogP contribution is -2.35.